The molecule has 4 rings (SSSR count). The van der Waals surface area contributed by atoms with E-state index in [1.807, 2.05) is 0 Å². The molecular weight excluding hydrogens is 244 g/mol. The van der Waals surface area contributed by atoms with E-state index in [1.165, 1.54) is 35.9 Å². The Balaban J connectivity index is 1.86. The Kier molecular flexibility index (Phi) is 2.56. The van der Waals surface area contributed by atoms with Crippen LogP contribution in [-0.2, 0) is 0 Å². The lowest BCUT2D eigenvalue weighted by molar-refractivity contribution is 0.159. The first kappa shape index (κ1) is 12.5. The van der Waals surface area contributed by atoms with Crippen LogP contribution in [0.2, 0.25) is 0 Å². The first-order valence-corrected chi connectivity index (χ1v) is 7.92. The molecule has 3 atom stereocenters. The van der Waals surface area contributed by atoms with Crippen LogP contribution in [0.5, 0.6) is 0 Å². The van der Waals surface area contributed by atoms with E-state index >= 15 is 0 Å². The number of para-hydroxylation sites is 1. The molecule has 20 heavy (non-hydrogen) atoms. The van der Waals surface area contributed by atoms with Crippen LogP contribution in [0.15, 0.2) is 24.3 Å². The number of hydrogen-bond acceptors (Lipinski definition) is 1. The van der Waals surface area contributed by atoms with Crippen LogP contribution < -0.4 is 5.32 Å². The van der Waals surface area contributed by atoms with Gasteiger partial charge in [0, 0.05) is 34.6 Å². The average Bonchev–Trinajstić information content (AvgIpc) is 2.78. The van der Waals surface area contributed by atoms with Crippen molar-refractivity contribution in [3.63, 3.8) is 0 Å². The van der Waals surface area contributed by atoms with Crippen LogP contribution >= 0.6 is 0 Å². The first-order valence-electron chi connectivity index (χ1n) is 7.92. The summed E-state index contributed by atoms with van der Waals surface area (Å²) in [5.41, 5.74) is 4.81. The minimum atomic E-state index is 0.438. The Morgan fingerprint density at radius 2 is 2.00 bits per heavy atom. The zero-order valence-electron chi connectivity index (χ0n) is 12.7. The minimum Gasteiger partial charge on any atom is -0.357 e. The fourth-order valence-corrected chi connectivity index (χ4v) is 4.44. The van der Waals surface area contributed by atoms with Crippen molar-refractivity contribution in [2.45, 2.75) is 58.0 Å². The summed E-state index contributed by atoms with van der Waals surface area (Å²) in [6.45, 7) is 7.13. The number of H-pyrrole nitrogens is 1. The molecule has 1 aromatic heterocycles. The van der Waals surface area contributed by atoms with Crippen molar-refractivity contribution in [2.75, 3.05) is 0 Å². The number of rotatable bonds is 0. The molecule has 2 N–H and O–H groups in total. The second kappa shape index (κ2) is 4.11. The van der Waals surface area contributed by atoms with Gasteiger partial charge >= 0.3 is 0 Å². The zero-order valence-corrected chi connectivity index (χ0v) is 12.7. The van der Waals surface area contributed by atoms with E-state index in [1.54, 1.807) is 5.56 Å². The number of aromatic amines is 1. The Labute approximate surface area is 121 Å². The molecule has 106 valence electrons. The fraction of sp³-hybridized carbons (Fsp3) is 0.556. The SMILES string of the molecule is C[C@@H]1N[C@@H]2CC(C)(C)CC[C@@H]2c2c1[nH]c1ccccc21. The summed E-state index contributed by atoms with van der Waals surface area (Å²) in [7, 11) is 0. The van der Waals surface area contributed by atoms with E-state index in [0.29, 0.717) is 23.4 Å². The predicted molar refractivity (Wildman–Crippen MR) is 84.0 cm³/mol. The molecule has 0 amide bonds. The molecule has 1 fully saturated rings. The monoisotopic (exact) mass is 268 g/mol. The van der Waals surface area contributed by atoms with Gasteiger partial charge in [0.15, 0.2) is 0 Å². The van der Waals surface area contributed by atoms with E-state index in [2.05, 4.69) is 55.3 Å². The summed E-state index contributed by atoms with van der Waals surface area (Å²) in [4.78, 5) is 3.66. The van der Waals surface area contributed by atoms with Gasteiger partial charge in [-0.1, -0.05) is 32.0 Å². The van der Waals surface area contributed by atoms with Gasteiger partial charge in [0.1, 0.15) is 0 Å². The molecule has 1 aromatic carbocycles. The minimum absolute atomic E-state index is 0.438. The van der Waals surface area contributed by atoms with Crippen molar-refractivity contribution in [3.8, 4) is 0 Å². The highest BCUT2D eigenvalue weighted by Crippen LogP contribution is 2.49. The number of hydrogen-bond donors (Lipinski definition) is 2. The molecule has 0 bridgehead atoms. The second-order valence-corrected chi connectivity index (χ2v) is 7.51. The summed E-state index contributed by atoms with van der Waals surface area (Å²) in [6, 6.07) is 9.88. The summed E-state index contributed by atoms with van der Waals surface area (Å²) >= 11 is 0. The standard InChI is InChI=1S/C18H24N2/c1-11-17-16(12-6-4-5-7-14(12)20-17)13-8-9-18(2,3)10-15(13)19-11/h4-7,11,13,15,19-20H,8-10H2,1-3H3/t11-,13-,15+/m0/s1. The highest BCUT2D eigenvalue weighted by molar-refractivity contribution is 5.85. The summed E-state index contributed by atoms with van der Waals surface area (Å²) in [6.07, 6.45) is 3.94. The first-order chi connectivity index (χ1) is 9.55. The Morgan fingerprint density at radius 3 is 2.85 bits per heavy atom. The van der Waals surface area contributed by atoms with Gasteiger partial charge in [-0.05, 0) is 43.2 Å². The third kappa shape index (κ3) is 1.74. The molecule has 2 nitrogen and oxygen atoms in total. The summed E-state index contributed by atoms with van der Waals surface area (Å²) < 4.78 is 0. The quantitative estimate of drug-likeness (QED) is 0.723. The largest absolute Gasteiger partial charge is 0.357 e. The molecule has 2 aromatic rings. The van der Waals surface area contributed by atoms with Gasteiger partial charge in [-0.2, -0.15) is 0 Å². The van der Waals surface area contributed by atoms with Crippen molar-refractivity contribution >= 4 is 10.9 Å². The normalized spacial score (nSPS) is 31.9. The van der Waals surface area contributed by atoms with Crippen molar-refractivity contribution in [1.29, 1.82) is 0 Å². The number of aromatic nitrogens is 1. The van der Waals surface area contributed by atoms with Crippen LogP contribution in [0.3, 0.4) is 0 Å². The number of benzene rings is 1. The van der Waals surface area contributed by atoms with E-state index in [-0.39, 0.29) is 0 Å². The Bertz CT molecular complexity index is 652. The highest BCUT2D eigenvalue weighted by atomic mass is 15.0. The maximum Gasteiger partial charge on any atom is 0.0459 e. The number of nitrogens with one attached hydrogen (secondary N) is 2. The molecule has 1 aliphatic heterocycles. The van der Waals surface area contributed by atoms with Crippen LogP contribution in [0.1, 0.15) is 63.3 Å². The molecule has 2 heteroatoms. The van der Waals surface area contributed by atoms with Gasteiger partial charge in [-0.3, -0.25) is 0 Å². The molecular formula is C18H24N2. The third-order valence-corrected chi connectivity index (χ3v) is 5.43. The van der Waals surface area contributed by atoms with E-state index in [4.69, 9.17) is 0 Å². The van der Waals surface area contributed by atoms with E-state index in [9.17, 15) is 0 Å². The second-order valence-electron chi connectivity index (χ2n) is 7.51. The van der Waals surface area contributed by atoms with Gasteiger partial charge in [-0.15, -0.1) is 0 Å². The van der Waals surface area contributed by atoms with Gasteiger partial charge in [0.2, 0.25) is 0 Å². The lowest BCUT2D eigenvalue weighted by Crippen LogP contribution is -2.46. The van der Waals surface area contributed by atoms with Crippen LogP contribution in [-0.4, -0.2) is 11.0 Å². The molecule has 0 spiro atoms. The maximum absolute atomic E-state index is 3.86. The molecule has 1 aliphatic carbocycles. The average molecular weight is 268 g/mol. The lowest BCUT2D eigenvalue weighted by atomic mass is 9.66. The highest BCUT2D eigenvalue weighted by Gasteiger charge is 2.41. The Hall–Kier alpha value is -1.28. The molecule has 0 saturated heterocycles. The van der Waals surface area contributed by atoms with Crippen LogP contribution in [0.25, 0.3) is 10.9 Å². The molecule has 0 radical (unpaired) electrons. The third-order valence-electron chi connectivity index (χ3n) is 5.43. The number of fused-ring (bicyclic) bond motifs is 5. The van der Waals surface area contributed by atoms with Crippen molar-refractivity contribution < 1.29 is 0 Å². The van der Waals surface area contributed by atoms with Crippen molar-refractivity contribution in [2.24, 2.45) is 5.41 Å². The molecule has 1 saturated carbocycles. The summed E-state index contributed by atoms with van der Waals surface area (Å²) in [5, 5.41) is 5.31. The van der Waals surface area contributed by atoms with Crippen molar-refractivity contribution in [3.05, 3.63) is 35.5 Å². The van der Waals surface area contributed by atoms with E-state index < -0.39 is 0 Å². The van der Waals surface area contributed by atoms with Gasteiger partial charge < -0.3 is 10.3 Å². The lowest BCUT2D eigenvalue weighted by Gasteiger charge is -2.45. The summed E-state index contributed by atoms with van der Waals surface area (Å²) in [5.74, 6) is 0.686. The smallest absolute Gasteiger partial charge is 0.0459 e. The fourth-order valence-electron chi connectivity index (χ4n) is 4.44. The molecule has 2 heterocycles. The predicted octanol–water partition coefficient (Wildman–Crippen LogP) is 4.49. The Morgan fingerprint density at radius 1 is 1.20 bits per heavy atom. The van der Waals surface area contributed by atoms with E-state index in [0.717, 1.165) is 0 Å². The van der Waals surface area contributed by atoms with Crippen molar-refractivity contribution in [1.82, 2.24) is 10.3 Å². The molecule has 0 unspecified atom stereocenters. The molecule has 2 aliphatic rings. The topological polar surface area (TPSA) is 27.8 Å². The van der Waals surface area contributed by atoms with Gasteiger partial charge in [0.05, 0.1) is 0 Å². The van der Waals surface area contributed by atoms with Crippen LogP contribution in [0.4, 0.5) is 0 Å². The zero-order chi connectivity index (χ0) is 13.9. The maximum atomic E-state index is 3.86. The van der Waals surface area contributed by atoms with Gasteiger partial charge in [-0.25, -0.2) is 0 Å². The van der Waals surface area contributed by atoms with Gasteiger partial charge in [0.25, 0.3) is 0 Å². The van der Waals surface area contributed by atoms with Crippen LogP contribution in [0, 0.1) is 5.41 Å².